The summed E-state index contributed by atoms with van der Waals surface area (Å²) in [6.07, 6.45) is 0. The third-order valence-corrected chi connectivity index (χ3v) is 3.89. The molecule has 0 aliphatic heterocycles. The van der Waals surface area contributed by atoms with Gasteiger partial charge in [-0.25, -0.2) is 8.42 Å². The van der Waals surface area contributed by atoms with Crippen molar-refractivity contribution in [3.8, 4) is 0 Å². The Labute approximate surface area is 92.7 Å². The summed E-state index contributed by atoms with van der Waals surface area (Å²) in [4.78, 5) is 0.141. The Morgan fingerprint density at radius 2 is 1.93 bits per heavy atom. The largest absolute Gasteiger partial charge is 0.348 e. The van der Waals surface area contributed by atoms with E-state index in [1.165, 1.54) is 6.07 Å². The normalized spacial score (nSPS) is 12.2. The summed E-state index contributed by atoms with van der Waals surface area (Å²) in [6, 6.07) is 6.80. The molecule has 0 aliphatic rings. The van der Waals surface area contributed by atoms with Crippen molar-refractivity contribution in [2.75, 3.05) is 0 Å². The Kier molecular flexibility index (Phi) is 2.28. The molecule has 0 atom stereocenters. The molecule has 0 saturated carbocycles. The highest BCUT2D eigenvalue weighted by Crippen LogP contribution is 2.23. The number of halogens is 1. The summed E-state index contributed by atoms with van der Waals surface area (Å²) >= 11 is 0. The quantitative estimate of drug-likeness (QED) is 0.722. The van der Waals surface area contributed by atoms with Gasteiger partial charge in [0.25, 0.3) is 9.05 Å². The van der Waals surface area contributed by atoms with Gasteiger partial charge in [0.1, 0.15) is 0 Å². The van der Waals surface area contributed by atoms with E-state index in [4.69, 9.17) is 10.7 Å². The maximum atomic E-state index is 11.1. The number of fused-ring (bicyclic) bond motifs is 1. The van der Waals surface area contributed by atoms with Crippen molar-refractivity contribution in [3.63, 3.8) is 0 Å². The fourth-order valence-corrected chi connectivity index (χ4v) is 2.40. The van der Waals surface area contributed by atoms with E-state index >= 15 is 0 Å². The highest BCUT2D eigenvalue weighted by molar-refractivity contribution is 8.13. The minimum absolute atomic E-state index is 0.141. The van der Waals surface area contributed by atoms with Crippen LogP contribution in [0.4, 0.5) is 0 Å². The zero-order chi connectivity index (χ0) is 11.2. The molecular formula is C10H10ClNO2S. The van der Waals surface area contributed by atoms with E-state index in [1.54, 1.807) is 12.1 Å². The molecule has 3 nitrogen and oxygen atoms in total. The van der Waals surface area contributed by atoms with E-state index < -0.39 is 9.05 Å². The van der Waals surface area contributed by atoms with Crippen LogP contribution in [0.2, 0.25) is 0 Å². The predicted octanol–water partition coefficient (Wildman–Crippen LogP) is 2.41. The average Bonchev–Trinajstić information content (AvgIpc) is 2.41. The number of aromatic nitrogens is 1. The Balaban J connectivity index is 2.78. The number of hydrogen-bond donors (Lipinski definition) is 0. The average molecular weight is 244 g/mol. The topological polar surface area (TPSA) is 39.1 Å². The summed E-state index contributed by atoms with van der Waals surface area (Å²) in [7, 11) is 3.57. The molecule has 0 bridgehead atoms. The number of benzene rings is 1. The Morgan fingerprint density at radius 3 is 2.53 bits per heavy atom. The lowest BCUT2D eigenvalue weighted by Crippen LogP contribution is -1.91. The van der Waals surface area contributed by atoms with Crippen LogP contribution in [-0.4, -0.2) is 13.0 Å². The van der Waals surface area contributed by atoms with Crippen molar-refractivity contribution in [3.05, 3.63) is 30.0 Å². The maximum Gasteiger partial charge on any atom is 0.261 e. The molecule has 0 radical (unpaired) electrons. The van der Waals surface area contributed by atoms with Crippen LogP contribution in [0.3, 0.4) is 0 Å². The molecule has 2 aromatic rings. The van der Waals surface area contributed by atoms with Gasteiger partial charge in [-0.2, -0.15) is 0 Å². The second kappa shape index (κ2) is 3.25. The molecule has 5 heteroatoms. The van der Waals surface area contributed by atoms with E-state index in [0.29, 0.717) is 0 Å². The van der Waals surface area contributed by atoms with Gasteiger partial charge < -0.3 is 4.57 Å². The van der Waals surface area contributed by atoms with Gasteiger partial charge in [-0.3, -0.25) is 0 Å². The van der Waals surface area contributed by atoms with E-state index in [1.807, 2.05) is 24.6 Å². The van der Waals surface area contributed by atoms with Crippen LogP contribution in [0, 0.1) is 6.92 Å². The molecule has 80 valence electrons. The zero-order valence-corrected chi connectivity index (χ0v) is 9.93. The fourth-order valence-electron chi connectivity index (χ4n) is 1.62. The van der Waals surface area contributed by atoms with Crippen LogP contribution in [0.15, 0.2) is 29.2 Å². The van der Waals surface area contributed by atoms with Gasteiger partial charge in [0.15, 0.2) is 0 Å². The van der Waals surface area contributed by atoms with Gasteiger partial charge >= 0.3 is 0 Å². The lowest BCUT2D eigenvalue weighted by atomic mass is 10.2. The van der Waals surface area contributed by atoms with Crippen LogP contribution in [0.1, 0.15) is 5.69 Å². The molecule has 0 saturated heterocycles. The highest BCUT2D eigenvalue weighted by atomic mass is 35.7. The van der Waals surface area contributed by atoms with Crippen LogP contribution >= 0.6 is 10.7 Å². The van der Waals surface area contributed by atoms with Gasteiger partial charge in [0.2, 0.25) is 0 Å². The molecule has 1 heterocycles. The second-order valence-corrected chi connectivity index (χ2v) is 6.07. The highest BCUT2D eigenvalue weighted by Gasteiger charge is 2.11. The van der Waals surface area contributed by atoms with Crippen LogP contribution in [0.5, 0.6) is 0 Å². The third-order valence-electron chi connectivity index (χ3n) is 2.54. The standard InChI is InChI=1S/C10H10ClNO2S/c1-7-5-8-6-9(15(11,13)14)3-4-10(8)12(7)2/h3-6H,1-2H3. The van der Waals surface area contributed by atoms with Gasteiger partial charge in [-0.05, 0) is 31.2 Å². The van der Waals surface area contributed by atoms with Gasteiger partial charge in [0.05, 0.1) is 4.90 Å². The first kappa shape index (κ1) is 10.5. The van der Waals surface area contributed by atoms with Crippen molar-refractivity contribution in [2.45, 2.75) is 11.8 Å². The zero-order valence-electron chi connectivity index (χ0n) is 8.36. The molecule has 0 amide bonds. The Hall–Kier alpha value is -1.00. The van der Waals surface area contributed by atoms with E-state index in [9.17, 15) is 8.42 Å². The summed E-state index contributed by atoms with van der Waals surface area (Å²) in [5.74, 6) is 0. The second-order valence-electron chi connectivity index (χ2n) is 3.50. The van der Waals surface area contributed by atoms with Crippen molar-refractivity contribution < 1.29 is 8.42 Å². The van der Waals surface area contributed by atoms with Crippen LogP contribution in [0.25, 0.3) is 10.9 Å². The molecule has 0 unspecified atom stereocenters. The van der Waals surface area contributed by atoms with Crippen molar-refractivity contribution in [1.29, 1.82) is 0 Å². The van der Waals surface area contributed by atoms with Gasteiger partial charge in [-0.1, -0.05) is 0 Å². The number of rotatable bonds is 1. The molecule has 1 aromatic carbocycles. The SMILES string of the molecule is Cc1cc2cc(S(=O)(=O)Cl)ccc2n1C. The minimum Gasteiger partial charge on any atom is -0.348 e. The summed E-state index contributed by atoms with van der Waals surface area (Å²) in [5.41, 5.74) is 2.07. The van der Waals surface area contributed by atoms with E-state index in [2.05, 4.69) is 0 Å². The summed E-state index contributed by atoms with van der Waals surface area (Å²) in [6.45, 7) is 1.97. The first-order chi connectivity index (χ1) is 6.89. The Morgan fingerprint density at radius 1 is 1.27 bits per heavy atom. The number of aryl methyl sites for hydroxylation is 2. The molecule has 2 rings (SSSR count). The summed E-state index contributed by atoms with van der Waals surface area (Å²) < 4.78 is 24.3. The first-order valence-electron chi connectivity index (χ1n) is 4.40. The molecule has 0 N–H and O–H groups in total. The van der Waals surface area contributed by atoms with E-state index in [0.717, 1.165) is 16.6 Å². The fraction of sp³-hybridized carbons (Fsp3) is 0.200. The van der Waals surface area contributed by atoms with Crippen LogP contribution < -0.4 is 0 Å². The van der Waals surface area contributed by atoms with Gasteiger partial charge in [0, 0.05) is 34.3 Å². The molecule has 0 spiro atoms. The van der Waals surface area contributed by atoms with E-state index in [-0.39, 0.29) is 4.90 Å². The smallest absolute Gasteiger partial charge is 0.261 e. The Bertz CT molecular complexity index is 628. The lowest BCUT2D eigenvalue weighted by Gasteiger charge is -1.99. The third kappa shape index (κ3) is 1.75. The lowest BCUT2D eigenvalue weighted by molar-refractivity contribution is 0.609. The van der Waals surface area contributed by atoms with Crippen molar-refractivity contribution in [2.24, 2.45) is 7.05 Å². The molecule has 1 aromatic heterocycles. The molecule has 15 heavy (non-hydrogen) atoms. The number of nitrogens with zero attached hydrogens (tertiary/aromatic N) is 1. The predicted molar refractivity (Wildman–Crippen MR) is 60.7 cm³/mol. The maximum absolute atomic E-state index is 11.1. The minimum atomic E-state index is -3.63. The summed E-state index contributed by atoms with van der Waals surface area (Å²) in [5, 5.41) is 0.886. The monoisotopic (exact) mass is 243 g/mol. The first-order valence-corrected chi connectivity index (χ1v) is 6.71. The van der Waals surface area contributed by atoms with Crippen LogP contribution in [-0.2, 0) is 16.1 Å². The molecular weight excluding hydrogens is 234 g/mol. The van der Waals surface area contributed by atoms with Gasteiger partial charge in [-0.15, -0.1) is 0 Å². The van der Waals surface area contributed by atoms with Crippen molar-refractivity contribution >= 4 is 30.6 Å². The molecule has 0 aliphatic carbocycles. The number of hydrogen-bond acceptors (Lipinski definition) is 2. The van der Waals surface area contributed by atoms with Crippen molar-refractivity contribution in [1.82, 2.24) is 4.57 Å². The molecule has 0 fully saturated rings.